The van der Waals surface area contributed by atoms with Gasteiger partial charge in [0.25, 0.3) is 0 Å². The first kappa shape index (κ1) is 45.4. The molecule has 0 radical (unpaired) electrons. The van der Waals surface area contributed by atoms with Crippen LogP contribution in [-0.4, -0.2) is 93.8 Å². The van der Waals surface area contributed by atoms with Crippen LogP contribution in [0.1, 0.15) is 41.5 Å². The average molecular weight is 729 g/mol. The summed E-state index contributed by atoms with van der Waals surface area (Å²) in [6.07, 6.45) is -4.24. The highest BCUT2D eigenvalue weighted by molar-refractivity contribution is 7.48. The van der Waals surface area contributed by atoms with Gasteiger partial charge in [-0.25, -0.2) is 33.3 Å². The molecule has 0 saturated heterocycles. The Bertz CT molecular complexity index is 1260. The van der Waals surface area contributed by atoms with Gasteiger partial charge in [0.15, 0.2) is 18.3 Å². The van der Waals surface area contributed by atoms with E-state index in [2.05, 4.69) is 39.5 Å². The molecule has 0 amide bonds. The number of hydrogen-bond donors (Lipinski definition) is 0. The number of esters is 6. The predicted octanol–water partition coefficient (Wildman–Crippen LogP) is 3.97. The maximum absolute atomic E-state index is 14.0. The molecule has 0 aliphatic carbocycles. The highest BCUT2D eigenvalue weighted by atomic mass is 31.2. The van der Waals surface area contributed by atoms with Gasteiger partial charge in [-0.3, -0.25) is 13.6 Å². The zero-order chi connectivity index (χ0) is 38.8. The zero-order valence-corrected chi connectivity index (χ0v) is 30.1. The molecule has 0 aromatic heterocycles. The first-order valence-corrected chi connectivity index (χ1v) is 16.2. The largest absolute Gasteiger partial charge is 0.475 e. The van der Waals surface area contributed by atoms with Crippen molar-refractivity contribution in [3.8, 4) is 0 Å². The Labute approximate surface area is 291 Å². The molecule has 0 heterocycles. The highest BCUT2D eigenvalue weighted by Gasteiger charge is 2.34. The molecule has 0 fully saturated rings. The lowest BCUT2D eigenvalue weighted by atomic mass is 10.3. The third-order valence-electron chi connectivity index (χ3n) is 5.37. The van der Waals surface area contributed by atoms with Crippen LogP contribution >= 0.6 is 7.82 Å². The van der Waals surface area contributed by atoms with E-state index in [1.165, 1.54) is 41.5 Å². The van der Waals surface area contributed by atoms with Crippen molar-refractivity contribution in [3.63, 3.8) is 0 Å². The summed E-state index contributed by atoms with van der Waals surface area (Å²) in [5.41, 5.74) is -0.0181. The van der Waals surface area contributed by atoms with Gasteiger partial charge >= 0.3 is 43.6 Å². The van der Waals surface area contributed by atoms with E-state index in [0.29, 0.717) is 0 Å². The van der Waals surface area contributed by atoms with E-state index < -0.39 is 102 Å². The quantitative estimate of drug-likeness (QED) is 0.0597. The normalized spacial score (nSPS) is 13.5. The Morgan fingerprint density at radius 1 is 0.400 bits per heavy atom. The molecule has 0 bridgehead atoms. The fourth-order valence-corrected chi connectivity index (χ4v) is 3.89. The Hall–Kier alpha value is -4.63. The van der Waals surface area contributed by atoms with Crippen LogP contribution in [-0.2, 0) is 75.3 Å². The Morgan fingerprint density at radius 3 is 0.780 bits per heavy atom. The molecule has 278 valence electrons. The summed E-state index contributed by atoms with van der Waals surface area (Å²) < 4.78 is 61.1. The standard InChI is InChI=1S/C33H45O16P/c1-19(2)28(34)41-13-25(47-31(37)22(7)8)16-44-50(40,45-17-26(48-32(38)23(9)10)14-42-29(35)20(3)4)46-18-27(49-33(39)24(11)12)15-43-30(36)21(5)6/h25-27H,1,3,5,7,9,11,13-18H2,2,4,6,8,10,12H3. The number of carbonyl (C=O) groups excluding carboxylic acids is 6. The van der Waals surface area contributed by atoms with Crippen molar-refractivity contribution in [1.82, 2.24) is 0 Å². The summed E-state index contributed by atoms with van der Waals surface area (Å²) in [5, 5.41) is 0. The summed E-state index contributed by atoms with van der Waals surface area (Å²) in [6, 6.07) is 0. The van der Waals surface area contributed by atoms with Gasteiger partial charge in [0, 0.05) is 33.4 Å². The lowest BCUT2D eigenvalue weighted by Gasteiger charge is -2.25. The molecule has 0 aliphatic rings. The van der Waals surface area contributed by atoms with Crippen molar-refractivity contribution in [3.05, 3.63) is 72.9 Å². The van der Waals surface area contributed by atoms with E-state index in [4.69, 9.17) is 42.0 Å². The molecule has 0 saturated carbocycles. The minimum absolute atomic E-state index is 0.0265. The molecule has 3 unspecified atom stereocenters. The topological polar surface area (TPSA) is 203 Å². The Morgan fingerprint density at radius 2 is 0.600 bits per heavy atom. The van der Waals surface area contributed by atoms with E-state index >= 15 is 0 Å². The average Bonchev–Trinajstić information content (AvgIpc) is 3.03. The molecule has 0 spiro atoms. The molecule has 17 heteroatoms. The van der Waals surface area contributed by atoms with Gasteiger partial charge in [-0.2, -0.15) is 0 Å². The van der Waals surface area contributed by atoms with Crippen LogP contribution in [0.2, 0.25) is 0 Å². The molecule has 0 aromatic carbocycles. The van der Waals surface area contributed by atoms with E-state index in [-0.39, 0.29) is 33.4 Å². The maximum Gasteiger partial charge on any atom is 0.475 e. The second-order valence-electron chi connectivity index (χ2n) is 10.9. The van der Waals surface area contributed by atoms with Gasteiger partial charge in [0.1, 0.15) is 19.8 Å². The summed E-state index contributed by atoms with van der Waals surface area (Å²) in [6.45, 7) is 24.8. The van der Waals surface area contributed by atoms with Gasteiger partial charge in [-0.05, 0) is 41.5 Å². The van der Waals surface area contributed by atoms with Crippen LogP contribution in [0.15, 0.2) is 72.9 Å². The summed E-state index contributed by atoms with van der Waals surface area (Å²) in [7, 11) is -4.90. The van der Waals surface area contributed by atoms with Gasteiger partial charge in [0.2, 0.25) is 0 Å². The lowest BCUT2D eigenvalue weighted by Crippen LogP contribution is -2.33. The summed E-state index contributed by atoms with van der Waals surface area (Å²) in [5.74, 6) is -5.27. The summed E-state index contributed by atoms with van der Waals surface area (Å²) in [4.78, 5) is 72.8. The van der Waals surface area contributed by atoms with Crippen molar-refractivity contribution in [2.45, 2.75) is 59.9 Å². The minimum atomic E-state index is -4.90. The van der Waals surface area contributed by atoms with E-state index in [0.717, 1.165) is 0 Å². The van der Waals surface area contributed by atoms with Crippen LogP contribution in [0.3, 0.4) is 0 Å². The van der Waals surface area contributed by atoms with Gasteiger partial charge in [-0.1, -0.05) is 39.5 Å². The number of ether oxygens (including phenoxy) is 6. The highest BCUT2D eigenvalue weighted by Crippen LogP contribution is 2.50. The smallest absolute Gasteiger partial charge is 0.458 e. The SMILES string of the molecule is C=C(C)C(=O)OCC(COP(=O)(OCC(COC(=O)C(=C)C)OC(=O)C(=C)C)OCC(COC(=O)C(=C)C)OC(=O)C(=C)C)OC(=O)C(=C)C. The molecule has 0 rings (SSSR count). The lowest BCUT2D eigenvalue weighted by molar-refractivity contribution is -0.158. The molecule has 16 nitrogen and oxygen atoms in total. The molecular weight excluding hydrogens is 683 g/mol. The first-order valence-electron chi connectivity index (χ1n) is 14.7. The van der Waals surface area contributed by atoms with Crippen molar-refractivity contribution < 1.29 is 75.3 Å². The van der Waals surface area contributed by atoms with Crippen molar-refractivity contribution >= 4 is 43.6 Å². The molecule has 50 heavy (non-hydrogen) atoms. The molecule has 0 aliphatic heterocycles. The first-order chi connectivity index (χ1) is 23.1. The monoisotopic (exact) mass is 728 g/mol. The zero-order valence-electron chi connectivity index (χ0n) is 29.2. The minimum Gasteiger partial charge on any atom is -0.458 e. The van der Waals surface area contributed by atoms with E-state index in [9.17, 15) is 33.3 Å². The number of carbonyl (C=O) groups is 6. The van der Waals surface area contributed by atoms with Crippen LogP contribution in [0.25, 0.3) is 0 Å². The molecular formula is C33H45O16P. The number of rotatable bonds is 24. The second kappa shape index (κ2) is 22.2. The van der Waals surface area contributed by atoms with Crippen molar-refractivity contribution in [2.75, 3.05) is 39.6 Å². The summed E-state index contributed by atoms with van der Waals surface area (Å²) >= 11 is 0. The van der Waals surface area contributed by atoms with Crippen LogP contribution in [0.5, 0.6) is 0 Å². The van der Waals surface area contributed by atoms with Crippen LogP contribution in [0.4, 0.5) is 0 Å². The van der Waals surface area contributed by atoms with Crippen LogP contribution < -0.4 is 0 Å². The third kappa shape index (κ3) is 18.8. The fraction of sp³-hybridized carbons (Fsp3) is 0.455. The Kier molecular flexibility index (Phi) is 20.1. The van der Waals surface area contributed by atoms with E-state index in [1.807, 2.05) is 0 Å². The predicted molar refractivity (Wildman–Crippen MR) is 177 cm³/mol. The van der Waals surface area contributed by atoms with Gasteiger partial charge < -0.3 is 28.4 Å². The number of hydrogen-bond acceptors (Lipinski definition) is 16. The fourth-order valence-electron chi connectivity index (χ4n) is 2.61. The van der Waals surface area contributed by atoms with Crippen molar-refractivity contribution in [2.24, 2.45) is 0 Å². The molecule has 0 N–H and O–H groups in total. The maximum atomic E-state index is 14.0. The third-order valence-corrected chi connectivity index (χ3v) is 6.76. The van der Waals surface area contributed by atoms with Crippen LogP contribution in [0, 0.1) is 0 Å². The Balaban J connectivity index is 6.45. The van der Waals surface area contributed by atoms with Gasteiger partial charge in [-0.15, -0.1) is 0 Å². The second-order valence-corrected chi connectivity index (χ2v) is 12.6. The van der Waals surface area contributed by atoms with Crippen molar-refractivity contribution in [1.29, 1.82) is 0 Å². The number of phosphoric acid groups is 1. The molecule has 3 atom stereocenters. The number of phosphoric ester groups is 1. The van der Waals surface area contributed by atoms with E-state index in [1.54, 1.807) is 0 Å². The van der Waals surface area contributed by atoms with Gasteiger partial charge in [0.05, 0.1) is 19.8 Å². The molecule has 0 aromatic rings.